The molecule has 2 aromatic rings. The fraction of sp³-hybridized carbons (Fsp3) is 0.231. The third kappa shape index (κ3) is 2.13. The maximum absolute atomic E-state index is 12.3. The van der Waals surface area contributed by atoms with Crippen LogP contribution >= 0.6 is 0 Å². The van der Waals surface area contributed by atoms with Crippen molar-refractivity contribution in [3.05, 3.63) is 46.1 Å². The van der Waals surface area contributed by atoms with Crippen molar-refractivity contribution in [2.45, 2.75) is 12.6 Å². The van der Waals surface area contributed by atoms with Gasteiger partial charge >= 0.3 is 0 Å². The van der Waals surface area contributed by atoms with Gasteiger partial charge in [0.05, 0.1) is 6.54 Å². The van der Waals surface area contributed by atoms with Gasteiger partial charge in [-0.15, -0.1) is 11.5 Å². The van der Waals surface area contributed by atoms with E-state index in [4.69, 9.17) is 12.0 Å². The average Bonchev–Trinajstić information content (AvgIpc) is 2.97. The second-order valence-electron chi connectivity index (χ2n) is 4.57. The van der Waals surface area contributed by atoms with Gasteiger partial charge in [0.1, 0.15) is 12.6 Å². The average molecular weight is 294 g/mol. The summed E-state index contributed by atoms with van der Waals surface area (Å²) in [4.78, 5) is 16.6. The minimum absolute atomic E-state index is 0.0319. The maximum Gasteiger partial charge on any atom is 0.246 e. The molecule has 1 aromatic heterocycles. The van der Waals surface area contributed by atoms with Gasteiger partial charge < -0.3 is 4.90 Å². The Labute approximate surface area is 125 Å². The molecule has 1 atom stereocenters. The molecular weight excluding hydrogens is 284 g/mol. The number of carbonyl (C=O) groups is 1. The molecule has 0 saturated carbocycles. The van der Waals surface area contributed by atoms with E-state index in [0.29, 0.717) is 17.1 Å². The number of hydrogen-bond donors (Lipinski definition) is 0. The molecule has 1 aliphatic heterocycles. The molecule has 22 heavy (non-hydrogen) atoms. The van der Waals surface area contributed by atoms with Crippen molar-refractivity contribution >= 4 is 11.6 Å². The van der Waals surface area contributed by atoms with Crippen molar-refractivity contribution in [1.82, 2.24) is 25.1 Å². The molecule has 0 bridgehead atoms. The van der Waals surface area contributed by atoms with Gasteiger partial charge in [0, 0.05) is 10.6 Å². The molecule has 0 spiro atoms. The Morgan fingerprint density at radius 3 is 3.09 bits per heavy atom. The summed E-state index contributed by atoms with van der Waals surface area (Å²) in [6, 6.07) is 6.36. The number of aromatic nitrogens is 4. The van der Waals surface area contributed by atoms with Crippen LogP contribution in [0.25, 0.3) is 10.4 Å². The Morgan fingerprint density at radius 1 is 1.50 bits per heavy atom. The molecule has 1 aromatic carbocycles. The molecule has 0 radical (unpaired) electrons. The van der Waals surface area contributed by atoms with Crippen LogP contribution < -0.4 is 0 Å². The van der Waals surface area contributed by atoms with Gasteiger partial charge in [0.25, 0.3) is 0 Å². The van der Waals surface area contributed by atoms with E-state index in [1.165, 1.54) is 9.58 Å². The van der Waals surface area contributed by atoms with Crippen LogP contribution in [0.4, 0.5) is 5.69 Å². The molecule has 1 amide bonds. The lowest BCUT2D eigenvalue weighted by Gasteiger charge is -2.34. The number of fused-ring (bicyclic) bond motifs is 1. The molecule has 0 N–H and O–H groups in total. The highest BCUT2D eigenvalue weighted by atomic mass is 16.2. The summed E-state index contributed by atoms with van der Waals surface area (Å²) < 4.78 is 1.42. The Balaban J connectivity index is 2.20. The van der Waals surface area contributed by atoms with Crippen LogP contribution in [0.15, 0.2) is 29.4 Å². The second kappa shape index (κ2) is 5.55. The van der Waals surface area contributed by atoms with E-state index in [0.717, 1.165) is 0 Å². The molecule has 9 nitrogen and oxygen atoms in total. The van der Waals surface area contributed by atoms with Crippen molar-refractivity contribution in [3.8, 4) is 12.3 Å². The zero-order valence-electron chi connectivity index (χ0n) is 11.4. The highest BCUT2D eigenvalue weighted by Gasteiger charge is 2.36. The topological polar surface area (TPSA) is 113 Å². The molecule has 1 aliphatic rings. The summed E-state index contributed by atoms with van der Waals surface area (Å²) in [7, 11) is 0. The predicted molar refractivity (Wildman–Crippen MR) is 75.5 cm³/mol. The first-order valence-electron chi connectivity index (χ1n) is 6.39. The standard InChI is InChI=1S/C13H10N8O/c1-2-7-20-11(22)8-21-13(16-18-19-21)12(20)9-5-3-4-6-10(9)15-17-14/h1,3-6,12H,7-8H2. The largest absolute Gasteiger partial charge is 0.315 e. The highest BCUT2D eigenvalue weighted by molar-refractivity contribution is 5.78. The number of azide groups is 1. The van der Waals surface area contributed by atoms with Gasteiger partial charge in [-0.3, -0.25) is 4.79 Å². The number of benzene rings is 1. The maximum atomic E-state index is 12.3. The number of hydrogen-bond acceptors (Lipinski definition) is 5. The summed E-state index contributed by atoms with van der Waals surface area (Å²) in [6.45, 7) is 0.144. The van der Waals surface area contributed by atoms with E-state index in [1.54, 1.807) is 24.3 Å². The Kier molecular flexibility index (Phi) is 3.43. The number of carbonyl (C=O) groups excluding carboxylic acids is 1. The van der Waals surface area contributed by atoms with Gasteiger partial charge in [-0.2, -0.15) is 0 Å². The zero-order valence-corrected chi connectivity index (χ0v) is 11.4. The quantitative estimate of drug-likeness (QED) is 0.366. The van der Waals surface area contributed by atoms with Gasteiger partial charge in [-0.25, -0.2) is 4.68 Å². The van der Waals surface area contributed by atoms with Crippen molar-refractivity contribution in [2.75, 3.05) is 6.54 Å². The number of amides is 1. The van der Waals surface area contributed by atoms with E-state index < -0.39 is 6.04 Å². The van der Waals surface area contributed by atoms with Crippen molar-refractivity contribution in [1.29, 1.82) is 0 Å². The lowest BCUT2D eigenvalue weighted by Crippen LogP contribution is -2.44. The second-order valence-corrected chi connectivity index (χ2v) is 4.57. The minimum atomic E-state index is -0.589. The van der Waals surface area contributed by atoms with Gasteiger partial charge in [-0.1, -0.05) is 35.3 Å². The Morgan fingerprint density at radius 2 is 2.32 bits per heavy atom. The fourth-order valence-electron chi connectivity index (χ4n) is 2.47. The highest BCUT2D eigenvalue weighted by Crippen LogP contribution is 2.35. The number of tetrazole rings is 1. The van der Waals surface area contributed by atoms with Crippen LogP contribution in [0.2, 0.25) is 0 Å². The van der Waals surface area contributed by atoms with Crippen LogP contribution in [0, 0.1) is 12.3 Å². The lowest BCUT2D eigenvalue weighted by molar-refractivity contribution is -0.135. The summed E-state index contributed by atoms with van der Waals surface area (Å²) in [5, 5.41) is 15.1. The fourth-order valence-corrected chi connectivity index (χ4v) is 2.47. The normalized spacial score (nSPS) is 16.6. The third-order valence-corrected chi connectivity index (χ3v) is 3.37. The molecule has 108 valence electrons. The first-order chi connectivity index (χ1) is 10.8. The van der Waals surface area contributed by atoms with Crippen LogP contribution in [-0.2, 0) is 11.3 Å². The molecule has 0 aliphatic carbocycles. The predicted octanol–water partition coefficient (Wildman–Crippen LogP) is 1.18. The van der Waals surface area contributed by atoms with Crippen LogP contribution in [0.3, 0.4) is 0 Å². The molecule has 2 heterocycles. The first-order valence-corrected chi connectivity index (χ1v) is 6.39. The van der Waals surface area contributed by atoms with Gasteiger partial charge in [-0.05, 0) is 21.5 Å². The summed E-state index contributed by atoms with van der Waals surface area (Å²) in [5.41, 5.74) is 9.75. The van der Waals surface area contributed by atoms with Gasteiger partial charge in [0.2, 0.25) is 5.91 Å². The van der Waals surface area contributed by atoms with E-state index in [-0.39, 0.29) is 19.0 Å². The molecule has 1 unspecified atom stereocenters. The van der Waals surface area contributed by atoms with Crippen molar-refractivity contribution in [2.24, 2.45) is 5.11 Å². The van der Waals surface area contributed by atoms with Crippen molar-refractivity contribution < 1.29 is 4.79 Å². The summed E-state index contributed by atoms with van der Waals surface area (Å²) in [6.07, 6.45) is 5.37. The lowest BCUT2D eigenvalue weighted by atomic mass is 10.0. The van der Waals surface area contributed by atoms with E-state index in [9.17, 15) is 4.79 Å². The summed E-state index contributed by atoms with van der Waals surface area (Å²) in [5.74, 6) is 2.75. The van der Waals surface area contributed by atoms with Gasteiger partial charge in [0.15, 0.2) is 5.82 Å². The molecule has 0 fully saturated rings. The molecule has 9 heteroatoms. The first kappa shape index (κ1) is 13.6. The monoisotopic (exact) mass is 294 g/mol. The Bertz CT molecular complexity index is 813. The smallest absolute Gasteiger partial charge is 0.246 e. The zero-order chi connectivity index (χ0) is 15.5. The minimum Gasteiger partial charge on any atom is -0.315 e. The Hall–Kier alpha value is -3.37. The summed E-state index contributed by atoms with van der Waals surface area (Å²) >= 11 is 0. The number of rotatable bonds is 3. The van der Waals surface area contributed by atoms with Crippen LogP contribution in [-0.4, -0.2) is 37.6 Å². The van der Waals surface area contributed by atoms with E-state index >= 15 is 0 Å². The SMILES string of the molecule is C#CCN1C(=O)Cn2nnnc2C1c1ccccc1N=[N+]=[N-]. The van der Waals surface area contributed by atoms with E-state index in [2.05, 4.69) is 31.5 Å². The number of terminal acetylenes is 1. The van der Waals surface area contributed by atoms with E-state index in [1.807, 2.05) is 0 Å². The molecular formula is C13H10N8O. The third-order valence-electron chi connectivity index (χ3n) is 3.37. The van der Waals surface area contributed by atoms with Crippen molar-refractivity contribution in [3.63, 3.8) is 0 Å². The van der Waals surface area contributed by atoms with Crippen LogP contribution in [0.5, 0.6) is 0 Å². The molecule has 0 saturated heterocycles. The number of nitrogens with zero attached hydrogens (tertiary/aromatic N) is 8. The van der Waals surface area contributed by atoms with Crippen LogP contribution in [0.1, 0.15) is 17.4 Å². The molecule has 3 rings (SSSR count).